The Bertz CT molecular complexity index is 1350. The monoisotopic (exact) mass is 562 g/mol. The molecule has 0 radical (unpaired) electrons. The van der Waals surface area contributed by atoms with Crippen molar-refractivity contribution in [3.8, 4) is 17.6 Å². The molecule has 0 aliphatic carbocycles. The normalized spacial score (nSPS) is 17.4. The first-order chi connectivity index (χ1) is 18.6. The van der Waals surface area contributed by atoms with Crippen LogP contribution in [-0.2, 0) is 22.0 Å². The Morgan fingerprint density at radius 1 is 0.923 bits per heavy atom. The fourth-order valence-electron chi connectivity index (χ4n) is 4.28. The molecule has 1 saturated heterocycles. The van der Waals surface area contributed by atoms with E-state index in [-0.39, 0.29) is 22.1 Å². The predicted octanol–water partition coefficient (Wildman–Crippen LogP) is 7.94. The van der Waals surface area contributed by atoms with Crippen LogP contribution in [0.1, 0.15) is 60.8 Å². The van der Waals surface area contributed by atoms with Crippen molar-refractivity contribution in [2.45, 2.75) is 50.4 Å². The summed E-state index contributed by atoms with van der Waals surface area (Å²) in [5.41, 5.74) is 0.192. The van der Waals surface area contributed by atoms with Crippen molar-refractivity contribution in [3.05, 3.63) is 93.8 Å². The molecule has 3 aromatic rings. The van der Waals surface area contributed by atoms with Crippen LogP contribution in [0.4, 0.5) is 22.0 Å². The maximum atomic E-state index is 14.9. The van der Waals surface area contributed by atoms with E-state index in [1.54, 1.807) is 6.07 Å². The summed E-state index contributed by atoms with van der Waals surface area (Å²) in [7, 11) is 0. The summed E-state index contributed by atoms with van der Waals surface area (Å²) in [6, 6.07) is 9.66. The van der Waals surface area contributed by atoms with Crippen LogP contribution in [0.15, 0.2) is 53.4 Å². The van der Waals surface area contributed by atoms with Crippen LogP contribution >= 0.6 is 12.6 Å². The molecule has 39 heavy (non-hydrogen) atoms. The molecule has 0 saturated carbocycles. The fraction of sp³-hybridized carbons (Fsp3) is 0.333. The predicted molar refractivity (Wildman–Crippen MR) is 139 cm³/mol. The zero-order valence-electron chi connectivity index (χ0n) is 21.4. The van der Waals surface area contributed by atoms with Crippen LogP contribution < -0.4 is 4.74 Å². The van der Waals surface area contributed by atoms with Crippen molar-refractivity contribution in [2.75, 3.05) is 13.2 Å². The molecule has 1 heterocycles. The van der Waals surface area contributed by atoms with Crippen molar-refractivity contribution in [1.82, 2.24) is 0 Å². The van der Waals surface area contributed by atoms with E-state index in [2.05, 4.69) is 29.2 Å². The van der Waals surface area contributed by atoms with E-state index in [0.29, 0.717) is 30.8 Å². The van der Waals surface area contributed by atoms with Crippen LogP contribution in [0.3, 0.4) is 0 Å². The molecule has 0 unspecified atom stereocenters. The van der Waals surface area contributed by atoms with E-state index in [9.17, 15) is 22.0 Å². The minimum Gasteiger partial charge on any atom is -0.429 e. The van der Waals surface area contributed by atoms with Crippen molar-refractivity contribution in [3.63, 3.8) is 0 Å². The van der Waals surface area contributed by atoms with Crippen molar-refractivity contribution >= 4 is 12.6 Å². The van der Waals surface area contributed by atoms with Gasteiger partial charge >= 0.3 is 6.11 Å². The van der Waals surface area contributed by atoms with Crippen LogP contribution in [-0.4, -0.2) is 13.2 Å². The molecule has 0 spiro atoms. The van der Waals surface area contributed by atoms with Gasteiger partial charge in [0.15, 0.2) is 6.29 Å². The van der Waals surface area contributed by atoms with Gasteiger partial charge in [-0.15, -0.1) is 12.6 Å². The Hall–Kier alpha value is -3.06. The van der Waals surface area contributed by atoms with Crippen LogP contribution in [0.5, 0.6) is 5.75 Å². The molecule has 0 N–H and O–H groups in total. The van der Waals surface area contributed by atoms with Gasteiger partial charge < -0.3 is 14.2 Å². The van der Waals surface area contributed by atoms with E-state index in [1.807, 2.05) is 13.8 Å². The van der Waals surface area contributed by atoms with E-state index >= 15 is 0 Å². The third-order valence-electron chi connectivity index (χ3n) is 6.29. The molecule has 1 fully saturated rings. The summed E-state index contributed by atoms with van der Waals surface area (Å²) in [5.74, 6) is 2.09. The topological polar surface area (TPSA) is 27.7 Å². The standard InChI is InChI=1S/C30H27F5O3S/c1-3-5-19-16-36-29(37-17-19)22-13-25(32)28(26(33)14-22)30(34,35)38-23-10-7-18(8-11-23)6-9-21-12-24(31)27(39)15-20(21)4-2/h7-8,10-15,19,29,39H,3-5,16-17H2,1-2H3. The molecule has 206 valence electrons. The van der Waals surface area contributed by atoms with Gasteiger partial charge in [-0.05, 0) is 66.9 Å². The highest BCUT2D eigenvalue weighted by Gasteiger charge is 2.41. The molecular weight excluding hydrogens is 535 g/mol. The number of alkyl halides is 2. The minimum absolute atomic E-state index is 0.0300. The Morgan fingerprint density at radius 3 is 2.15 bits per heavy atom. The molecule has 1 aliphatic rings. The van der Waals surface area contributed by atoms with Gasteiger partial charge in [0.05, 0.1) is 13.2 Å². The van der Waals surface area contributed by atoms with Gasteiger partial charge in [0.25, 0.3) is 0 Å². The molecule has 3 aromatic carbocycles. The Labute approximate surface area is 229 Å². The van der Waals surface area contributed by atoms with Gasteiger partial charge in [0, 0.05) is 27.5 Å². The third kappa shape index (κ3) is 6.93. The zero-order chi connectivity index (χ0) is 28.2. The van der Waals surface area contributed by atoms with Gasteiger partial charge in [-0.3, -0.25) is 0 Å². The fourth-order valence-corrected chi connectivity index (χ4v) is 4.50. The highest BCUT2D eigenvalue weighted by Crippen LogP contribution is 2.37. The molecule has 0 aromatic heterocycles. The average molecular weight is 563 g/mol. The Kier molecular flexibility index (Phi) is 9.21. The summed E-state index contributed by atoms with van der Waals surface area (Å²) < 4.78 is 88.8. The number of hydrogen-bond acceptors (Lipinski definition) is 4. The van der Waals surface area contributed by atoms with Crippen LogP contribution in [0, 0.1) is 35.2 Å². The Balaban J connectivity index is 1.47. The number of aryl methyl sites for hydroxylation is 1. The number of hydrogen-bond donors (Lipinski definition) is 1. The minimum atomic E-state index is -4.30. The van der Waals surface area contributed by atoms with Gasteiger partial charge in [0.2, 0.25) is 0 Å². The second-order valence-electron chi connectivity index (χ2n) is 9.22. The van der Waals surface area contributed by atoms with Gasteiger partial charge in [-0.1, -0.05) is 32.1 Å². The summed E-state index contributed by atoms with van der Waals surface area (Å²) in [6.45, 7) is 4.62. The second kappa shape index (κ2) is 12.4. The molecular formula is C30H27F5O3S. The van der Waals surface area contributed by atoms with Crippen LogP contribution in [0.2, 0.25) is 0 Å². The lowest BCUT2D eigenvalue weighted by molar-refractivity contribution is -0.206. The first-order valence-corrected chi connectivity index (χ1v) is 13.0. The summed E-state index contributed by atoms with van der Waals surface area (Å²) in [6.07, 6.45) is -2.90. The molecule has 9 heteroatoms. The number of benzene rings is 3. The molecule has 1 aliphatic heterocycles. The summed E-state index contributed by atoms with van der Waals surface area (Å²) >= 11 is 4.07. The maximum Gasteiger partial charge on any atom is 0.432 e. The van der Waals surface area contributed by atoms with Gasteiger partial charge in [0.1, 0.15) is 28.8 Å². The molecule has 4 rings (SSSR count). The van der Waals surface area contributed by atoms with Crippen molar-refractivity contribution in [2.24, 2.45) is 5.92 Å². The maximum absolute atomic E-state index is 14.9. The highest BCUT2D eigenvalue weighted by molar-refractivity contribution is 7.80. The lowest BCUT2D eigenvalue weighted by Crippen LogP contribution is -2.28. The van der Waals surface area contributed by atoms with Gasteiger partial charge in [-0.25, -0.2) is 13.2 Å². The van der Waals surface area contributed by atoms with Gasteiger partial charge in [-0.2, -0.15) is 8.78 Å². The van der Waals surface area contributed by atoms with Crippen molar-refractivity contribution in [1.29, 1.82) is 0 Å². The average Bonchev–Trinajstić information content (AvgIpc) is 2.89. The lowest BCUT2D eigenvalue weighted by atomic mass is 10.0. The summed E-state index contributed by atoms with van der Waals surface area (Å²) in [5, 5.41) is 0. The lowest BCUT2D eigenvalue weighted by Gasteiger charge is -2.30. The smallest absolute Gasteiger partial charge is 0.429 e. The third-order valence-corrected chi connectivity index (χ3v) is 6.63. The second-order valence-corrected chi connectivity index (χ2v) is 9.70. The number of ether oxygens (including phenoxy) is 3. The molecule has 0 atom stereocenters. The van der Waals surface area contributed by atoms with E-state index in [0.717, 1.165) is 30.5 Å². The highest BCUT2D eigenvalue weighted by atomic mass is 32.1. The quantitative estimate of drug-likeness (QED) is 0.180. The largest absolute Gasteiger partial charge is 0.432 e. The van der Waals surface area contributed by atoms with E-state index in [4.69, 9.17) is 9.47 Å². The Morgan fingerprint density at radius 2 is 1.56 bits per heavy atom. The van der Waals surface area contributed by atoms with Crippen LogP contribution in [0.25, 0.3) is 0 Å². The SMILES string of the molecule is CCCC1COC(c2cc(F)c(C(F)(F)Oc3ccc(C#Cc4cc(F)c(S)cc4CC)cc3)c(F)c2)OC1. The molecule has 0 bridgehead atoms. The number of rotatable bonds is 7. The number of halogens is 5. The van der Waals surface area contributed by atoms with Crippen molar-refractivity contribution < 1.29 is 36.2 Å². The first kappa shape index (κ1) is 28.9. The first-order valence-electron chi connectivity index (χ1n) is 12.5. The van der Waals surface area contributed by atoms with E-state index in [1.165, 1.54) is 30.3 Å². The molecule has 0 amide bonds. The molecule has 3 nitrogen and oxygen atoms in total. The zero-order valence-corrected chi connectivity index (χ0v) is 22.3. The summed E-state index contributed by atoms with van der Waals surface area (Å²) in [4.78, 5) is 0.221. The van der Waals surface area contributed by atoms with E-state index < -0.39 is 35.4 Å². The number of thiol groups is 1.